The van der Waals surface area contributed by atoms with Crippen molar-refractivity contribution < 1.29 is 0 Å². The van der Waals surface area contributed by atoms with Crippen molar-refractivity contribution in [1.29, 1.82) is 0 Å². The topological polar surface area (TPSA) is 233 Å². The Morgan fingerprint density at radius 3 is 0.579 bits per heavy atom. The lowest BCUT2D eigenvalue weighted by atomic mass is 10.9. The Morgan fingerprint density at radius 1 is 0.368 bits per heavy atom. The number of nitrogens with two attached hydrogens (primary N) is 6. The largest absolute Gasteiger partial charge is 0.368 e. The van der Waals surface area contributed by atoms with Gasteiger partial charge in [0, 0.05) is 0 Å². The van der Waals surface area contributed by atoms with E-state index >= 15 is 0 Å². The standard InChI is InChI=1S/2C3H6N6.ClH/c2*4-1-7-2(5)9-3(6)8-1;/h2*(H6,4,5,6,7,8,9);1H. The Hall–Kier alpha value is -2.89. The van der Waals surface area contributed by atoms with E-state index in [9.17, 15) is 0 Å². The summed E-state index contributed by atoms with van der Waals surface area (Å²) >= 11 is 0. The minimum atomic E-state index is 0. The molecule has 2 rings (SSSR count). The van der Waals surface area contributed by atoms with Crippen LogP contribution in [-0.2, 0) is 0 Å². The first-order valence-corrected chi connectivity index (χ1v) is 4.42. The first-order chi connectivity index (χ1) is 8.36. The van der Waals surface area contributed by atoms with E-state index in [0.717, 1.165) is 0 Å². The quantitative estimate of drug-likeness (QED) is 0.299. The maximum Gasteiger partial charge on any atom is 0.226 e. The van der Waals surface area contributed by atoms with Crippen LogP contribution in [0.15, 0.2) is 0 Å². The molecule has 13 heteroatoms. The van der Waals surface area contributed by atoms with Crippen LogP contribution in [0.25, 0.3) is 0 Å². The van der Waals surface area contributed by atoms with Gasteiger partial charge in [-0.2, -0.15) is 29.9 Å². The molecule has 0 atom stereocenters. The average molecular weight is 289 g/mol. The molecule has 2 heterocycles. The van der Waals surface area contributed by atoms with Gasteiger partial charge in [-0.25, -0.2) is 0 Å². The van der Waals surface area contributed by atoms with Crippen molar-refractivity contribution in [2.45, 2.75) is 0 Å². The molecule has 0 saturated carbocycles. The number of anilines is 6. The third-order valence-corrected chi connectivity index (χ3v) is 1.37. The molecule has 2 aromatic heterocycles. The van der Waals surface area contributed by atoms with Gasteiger partial charge in [-0.1, -0.05) is 0 Å². The molecule has 104 valence electrons. The van der Waals surface area contributed by atoms with Gasteiger partial charge in [-0.3, -0.25) is 0 Å². The highest BCUT2D eigenvalue weighted by Crippen LogP contribution is 1.98. The van der Waals surface area contributed by atoms with E-state index in [4.69, 9.17) is 34.4 Å². The van der Waals surface area contributed by atoms with Crippen molar-refractivity contribution >= 4 is 48.1 Å². The summed E-state index contributed by atoms with van der Waals surface area (Å²) < 4.78 is 0. The number of halogens is 1. The fourth-order valence-corrected chi connectivity index (χ4v) is 0.854. The van der Waals surface area contributed by atoms with E-state index in [2.05, 4.69) is 29.9 Å². The zero-order chi connectivity index (χ0) is 13.7. The van der Waals surface area contributed by atoms with Crippen LogP contribution in [0.3, 0.4) is 0 Å². The summed E-state index contributed by atoms with van der Waals surface area (Å²) in [5, 5.41) is 0. The third-order valence-electron chi connectivity index (χ3n) is 1.37. The SMILES string of the molecule is Cl.Nc1nc(N)nc(N)n1.Nc1nc(N)nc(N)n1. The molecule has 0 amide bonds. The Balaban J connectivity index is 0.000000324. The van der Waals surface area contributed by atoms with Crippen molar-refractivity contribution in [2.75, 3.05) is 34.4 Å². The van der Waals surface area contributed by atoms with E-state index in [1.807, 2.05) is 0 Å². The van der Waals surface area contributed by atoms with Crippen LogP contribution in [0.4, 0.5) is 35.7 Å². The maximum absolute atomic E-state index is 5.14. The molecule has 0 radical (unpaired) electrons. The Morgan fingerprint density at radius 2 is 0.474 bits per heavy atom. The molecule has 0 saturated heterocycles. The number of nitrogens with zero attached hydrogens (tertiary/aromatic N) is 6. The van der Waals surface area contributed by atoms with Gasteiger partial charge >= 0.3 is 0 Å². The second-order valence-electron chi connectivity index (χ2n) is 2.82. The molecule has 0 unspecified atom stereocenters. The van der Waals surface area contributed by atoms with E-state index in [1.54, 1.807) is 0 Å². The molecular formula is C6H13ClN12. The van der Waals surface area contributed by atoms with Gasteiger partial charge in [0.05, 0.1) is 0 Å². The van der Waals surface area contributed by atoms with Gasteiger partial charge < -0.3 is 34.4 Å². The zero-order valence-electron chi connectivity index (χ0n) is 9.56. The number of aromatic nitrogens is 6. The number of nitrogen functional groups attached to an aromatic ring is 6. The van der Waals surface area contributed by atoms with Gasteiger partial charge in [0.2, 0.25) is 35.7 Å². The highest BCUT2D eigenvalue weighted by atomic mass is 35.5. The molecule has 0 spiro atoms. The van der Waals surface area contributed by atoms with E-state index in [0.29, 0.717) is 0 Å². The van der Waals surface area contributed by atoms with Gasteiger partial charge in [-0.05, 0) is 0 Å². The van der Waals surface area contributed by atoms with Crippen LogP contribution in [0.1, 0.15) is 0 Å². The molecule has 0 bridgehead atoms. The highest BCUT2D eigenvalue weighted by Gasteiger charge is 1.94. The summed E-state index contributed by atoms with van der Waals surface area (Å²) in [4.78, 5) is 20.9. The van der Waals surface area contributed by atoms with E-state index in [-0.39, 0.29) is 48.1 Å². The van der Waals surface area contributed by atoms with Crippen LogP contribution in [-0.4, -0.2) is 29.9 Å². The van der Waals surface area contributed by atoms with Crippen molar-refractivity contribution in [2.24, 2.45) is 0 Å². The second-order valence-corrected chi connectivity index (χ2v) is 2.82. The van der Waals surface area contributed by atoms with Crippen molar-refractivity contribution in [3.05, 3.63) is 0 Å². The normalized spacial score (nSPS) is 8.84. The van der Waals surface area contributed by atoms with Crippen molar-refractivity contribution in [3.8, 4) is 0 Å². The minimum Gasteiger partial charge on any atom is -0.368 e. The van der Waals surface area contributed by atoms with Gasteiger partial charge in [0.1, 0.15) is 0 Å². The van der Waals surface area contributed by atoms with Crippen LogP contribution < -0.4 is 34.4 Å². The molecule has 2 aromatic rings. The summed E-state index contributed by atoms with van der Waals surface area (Å²) in [5.41, 5.74) is 30.8. The summed E-state index contributed by atoms with van der Waals surface area (Å²) in [6, 6.07) is 0. The number of rotatable bonds is 0. The lowest BCUT2D eigenvalue weighted by Crippen LogP contribution is -2.05. The van der Waals surface area contributed by atoms with E-state index in [1.165, 1.54) is 0 Å². The molecule has 0 fully saturated rings. The average Bonchev–Trinajstić information content (AvgIpc) is 2.12. The Labute approximate surface area is 113 Å². The number of hydrogen-bond donors (Lipinski definition) is 6. The molecule has 12 N–H and O–H groups in total. The zero-order valence-corrected chi connectivity index (χ0v) is 10.4. The first kappa shape index (κ1) is 16.1. The predicted molar refractivity (Wildman–Crippen MR) is 73.4 cm³/mol. The fraction of sp³-hybridized carbons (Fsp3) is 0. The fourth-order valence-electron chi connectivity index (χ4n) is 0.854. The summed E-state index contributed by atoms with van der Waals surface area (Å²) in [6.45, 7) is 0. The summed E-state index contributed by atoms with van der Waals surface area (Å²) in [7, 11) is 0. The molecule has 12 nitrogen and oxygen atoms in total. The monoisotopic (exact) mass is 288 g/mol. The van der Waals surface area contributed by atoms with Gasteiger partial charge in [0.25, 0.3) is 0 Å². The molecule has 0 aromatic carbocycles. The smallest absolute Gasteiger partial charge is 0.226 e. The van der Waals surface area contributed by atoms with Crippen LogP contribution in [0.5, 0.6) is 0 Å². The van der Waals surface area contributed by atoms with Crippen LogP contribution in [0, 0.1) is 0 Å². The van der Waals surface area contributed by atoms with Crippen LogP contribution in [0.2, 0.25) is 0 Å². The lowest BCUT2D eigenvalue weighted by Gasteiger charge is -1.93. The van der Waals surface area contributed by atoms with E-state index < -0.39 is 0 Å². The molecular weight excluding hydrogens is 276 g/mol. The summed E-state index contributed by atoms with van der Waals surface area (Å²) in [5.74, 6) is 0.250. The molecule has 0 aliphatic rings. The lowest BCUT2D eigenvalue weighted by molar-refractivity contribution is 1.09. The van der Waals surface area contributed by atoms with Crippen molar-refractivity contribution in [3.63, 3.8) is 0 Å². The molecule has 19 heavy (non-hydrogen) atoms. The van der Waals surface area contributed by atoms with Crippen molar-refractivity contribution in [1.82, 2.24) is 29.9 Å². The highest BCUT2D eigenvalue weighted by molar-refractivity contribution is 5.85. The molecule has 0 aliphatic heterocycles. The Bertz CT molecular complexity index is 393. The Kier molecular flexibility index (Phi) is 5.72. The third kappa shape index (κ3) is 5.83. The maximum atomic E-state index is 5.14. The second kappa shape index (κ2) is 6.75. The predicted octanol–water partition coefficient (Wildman–Crippen LogP) is -2.34. The molecule has 0 aliphatic carbocycles. The van der Waals surface area contributed by atoms with Gasteiger partial charge in [0.15, 0.2) is 0 Å². The number of hydrogen-bond acceptors (Lipinski definition) is 12. The summed E-state index contributed by atoms with van der Waals surface area (Å²) in [6.07, 6.45) is 0. The van der Waals surface area contributed by atoms with Crippen LogP contribution >= 0.6 is 12.4 Å². The first-order valence-electron chi connectivity index (χ1n) is 4.42. The minimum absolute atomic E-state index is 0. The van der Waals surface area contributed by atoms with Gasteiger partial charge in [-0.15, -0.1) is 12.4 Å².